The summed E-state index contributed by atoms with van der Waals surface area (Å²) in [5.74, 6) is -0.445. The normalized spacial score (nSPS) is 26.8. The summed E-state index contributed by atoms with van der Waals surface area (Å²) in [6.07, 6.45) is 1.15. The van der Waals surface area contributed by atoms with Crippen molar-refractivity contribution in [2.24, 2.45) is 5.73 Å². The third-order valence-electron chi connectivity index (χ3n) is 1.84. The monoisotopic (exact) mass is 159 g/mol. The molecule has 0 aliphatic carbocycles. The van der Waals surface area contributed by atoms with Crippen LogP contribution in [0, 0.1) is 0 Å². The fraction of sp³-hybridized carbons (Fsp3) is 0.857. The maximum atomic E-state index is 10.7. The Hall–Kier alpha value is -0.610. The second kappa shape index (κ2) is 3.69. The Morgan fingerprint density at radius 1 is 1.82 bits per heavy atom. The van der Waals surface area contributed by atoms with Gasteiger partial charge in [-0.25, -0.2) is 0 Å². The minimum Gasteiger partial charge on any atom is -0.375 e. The van der Waals surface area contributed by atoms with Crippen molar-refractivity contribution in [1.82, 2.24) is 0 Å². The van der Waals surface area contributed by atoms with Crippen molar-refractivity contribution < 1.29 is 14.3 Å². The third-order valence-corrected chi connectivity index (χ3v) is 1.84. The Labute approximate surface area is 65.7 Å². The number of carbonyl (C=O) groups excluding carboxylic acids is 1. The van der Waals surface area contributed by atoms with Crippen LogP contribution in [0.5, 0.6) is 0 Å². The van der Waals surface area contributed by atoms with Crippen LogP contribution < -0.4 is 5.73 Å². The van der Waals surface area contributed by atoms with Crippen LogP contribution >= 0.6 is 0 Å². The lowest BCUT2D eigenvalue weighted by Crippen LogP contribution is -2.39. The van der Waals surface area contributed by atoms with Gasteiger partial charge in [0.05, 0.1) is 6.10 Å². The molecule has 4 heteroatoms. The van der Waals surface area contributed by atoms with Crippen LogP contribution in [0.1, 0.15) is 12.8 Å². The van der Waals surface area contributed by atoms with E-state index in [1.165, 1.54) is 7.11 Å². The highest BCUT2D eigenvalue weighted by atomic mass is 16.5. The molecule has 1 rings (SSSR count). The first kappa shape index (κ1) is 8.49. The number of hydrogen-bond donors (Lipinski definition) is 1. The zero-order valence-corrected chi connectivity index (χ0v) is 6.58. The Bertz CT molecular complexity index is 143. The van der Waals surface area contributed by atoms with Crippen LogP contribution in [0.15, 0.2) is 0 Å². The third kappa shape index (κ3) is 1.91. The van der Waals surface area contributed by atoms with E-state index in [0.717, 1.165) is 12.8 Å². The second-order valence-electron chi connectivity index (χ2n) is 2.61. The standard InChI is InChI=1S/C7H13NO3/c1-10-6(7(8)9)5-3-2-4-11-5/h5-6H,2-4H2,1H3,(H2,8,9)/t5-,6?/m1/s1. The van der Waals surface area contributed by atoms with Gasteiger partial charge in [0.15, 0.2) is 6.10 Å². The molecule has 4 nitrogen and oxygen atoms in total. The van der Waals surface area contributed by atoms with Crippen molar-refractivity contribution in [3.8, 4) is 0 Å². The fourth-order valence-electron chi connectivity index (χ4n) is 1.29. The molecule has 1 aliphatic heterocycles. The molecule has 1 fully saturated rings. The van der Waals surface area contributed by atoms with Gasteiger partial charge in [-0.2, -0.15) is 0 Å². The first-order valence-electron chi connectivity index (χ1n) is 3.69. The summed E-state index contributed by atoms with van der Waals surface area (Å²) in [6, 6.07) is 0. The molecule has 0 saturated carbocycles. The number of nitrogens with two attached hydrogens (primary N) is 1. The van der Waals surface area contributed by atoms with Gasteiger partial charge in [-0.3, -0.25) is 4.79 Å². The molecule has 2 N–H and O–H groups in total. The molecule has 0 aromatic rings. The highest BCUT2D eigenvalue weighted by Gasteiger charge is 2.29. The number of amides is 1. The number of hydrogen-bond acceptors (Lipinski definition) is 3. The molecule has 1 heterocycles. The van der Waals surface area contributed by atoms with Crippen LogP contribution in [0.25, 0.3) is 0 Å². The maximum Gasteiger partial charge on any atom is 0.249 e. The van der Waals surface area contributed by atoms with E-state index in [4.69, 9.17) is 15.2 Å². The van der Waals surface area contributed by atoms with Crippen LogP contribution in [0.3, 0.4) is 0 Å². The van der Waals surface area contributed by atoms with Gasteiger partial charge in [-0.15, -0.1) is 0 Å². The van der Waals surface area contributed by atoms with Gasteiger partial charge in [-0.1, -0.05) is 0 Å². The van der Waals surface area contributed by atoms with Crippen LogP contribution in [0.4, 0.5) is 0 Å². The van der Waals surface area contributed by atoms with Crippen LogP contribution in [-0.2, 0) is 14.3 Å². The number of methoxy groups -OCH3 is 1. The van der Waals surface area contributed by atoms with E-state index >= 15 is 0 Å². The molecular formula is C7H13NO3. The van der Waals surface area contributed by atoms with Gasteiger partial charge < -0.3 is 15.2 Å². The zero-order chi connectivity index (χ0) is 8.27. The SMILES string of the molecule is COC(C(N)=O)[C@H]1CCCO1. The van der Waals surface area contributed by atoms with Crippen molar-refractivity contribution in [2.45, 2.75) is 25.0 Å². The minimum atomic E-state index is -0.572. The van der Waals surface area contributed by atoms with Gasteiger partial charge in [0, 0.05) is 13.7 Å². The predicted molar refractivity (Wildman–Crippen MR) is 39.0 cm³/mol. The highest BCUT2D eigenvalue weighted by Crippen LogP contribution is 2.16. The summed E-state index contributed by atoms with van der Waals surface area (Å²) in [7, 11) is 1.47. The topological polar surface area (TPSA) is 61.5 Å². The van der Waals surface area contributed by atoms with Crippen molar-refractivity contribution in [3.63, 3.8) is 0 Å². The van der Waals surface area contributed by atoms with Crippen molar-refractivity contribution in [3.05, 3.63) is 0 Å². The van der Waals surface area contributed by atoms with E-state index in [-0.39, 0.29) is 6.10 Å². The molecule has 0 spiro atoms. The molecule has 1 aliphatic rings. The lowest BCUT2D eigenvalue weighted by Gasteiger charge is -2.17. The summed E-state index contributed by atoms with van der Waals surface area (Å²) in [5, 5.41) is 0. The Morgan fingerprint density at radius 3 is 2.91 bits per heavy atom. The summed E-state index contributed by atoms with van der Waals surface area (Å²) in [6.45, 7) is 0.706. The van der Waals surface area contributed by atoms with E-state index < -0.39 is 12.0 Å². The summed E-state index contributed by atoms with van der Waals surface area (Å²) in [5.41, 5.74) is 5.08. The zero-order valence-electron chi connectivity index (χ0n) is 6.58. The summed E-state index contributed by atoms with van der Waals surface area (Å²) >= 11 is 0. The molecule has 2 atom stereocenters. The molecule has 64 valence electrons. The Kier molecular flexibility index (Phi) is 2.84. The summed E-state index contributed by atoms with van der Waals surface area (Å²) in [4.78, 5) is 10.7. The van der Waals surface area contributed by atoms with E-state index in [1.807, 2.05) is 0 Å². The highest BCUT2D eigenvalue weighted by molar-refractivity contribution is 5.79. The maximum absolute atomic E-state index is 10.7. The van der Waals surface area contributed by atoms with Gasteiger partial charge in [0.25, 0.3) is 0 Å². The van der Waals surface area contributed by atoms with E-state index in [0.29, 0.717) is 6.61 Å². The van der Waals surface area contributed by atoms with Gasteiger partial charge in [0.2, 0.25) is 5.91 Å². The average Bonchev–Trinajstić information content (AvgIpc) is 2.40. The molecular weight excluding hydrogens is 146 g/mol. The molecule has 11 heavy (non-hydrogen) atoms. The van der Waals surface area contributed by atoms with Gasteiger partial charge in [0.1, 0.15) is 0 Å². The number of ether oxygens (including phenoxy) is 2. The first-order chi connectivity index (χ1) is 5.25. The molecule has 1 unspecified atom stereocenters. The lowest BCUT2D eigenvalue weighted by molar-refractivity contribution is -0.135. The molecule has 0 bridgehead atoms. The van der Waals surface area contributed by atoms with E-state index in [2.05, 4.69) is 0 Å². The van der Waals surface area contributed by atoms with Crippen molar-refractivity contribution in [2.75, 3.05) is 13.7 Å². The predicted octanol–water partition coefficient (Wildman–Crippen LogP) is -0.334. The Balaban J connectivity index is 2.46. The first-order valence-corrected chi connectivity index (χ1v) is 3.69. The Morgan fingerprint density at radius 2 is 2.55 bits per heavy atom. The molecule has 0 aromatic carbocycles. The number of primary amides is 1. The lowest BCUT2D eigenvalue weighted by atomic mass is 10.1. The largest absolute Gasteiger partial charge is 0.375 e. The quantitative estimate of drug-likeness (QED) is 0.613. The molecule has 1 saturated heterocycles. The number of rotatable bonds is 3. The smallest absolute Gasteiger partial charge is 0.249 e. The van der Waals surface area contributed by atoms with Gasteiger partial charge >= 0.3 is 0 Å². The molecule has 1 amide bonds. The van der Waals surface area contributed by atoms with E-state index in [9.17, 15) is 4.79 Å². The second-order valence-corrected chi connectivity index (χ2v) is 2.61. The van der Waals surface area contributed by atoms with Crippen LogP contribution in [-0.4, -0.2) is 31.8 Å². The van der Waals surface area contributed by atoms with Crippen molar-refractivity contribution in [1.29, 1.82) is 0 Å². The summed E-state index contributed by atoms with van der Waals surface area (Å²) < 4.78 is 10.1. The number of carbonyl (C=O) groups is 1. The van der Waals surface area contributed by atoms with Gasteiger partial charge in [-0.05, 0) is 12.8 Å². The molecule has 0 aromatic heterocycles. The fourth-order valence-corrected chi connectivity index (χ4v) is 1.29. The molecule has 0 radical (unpaired) electrons. The van der Waals surface area contributed by atoms with E-state index in [1.54, 1.807) is 0 Å². The minimum absolute atomic E-state index is 0.127. The van der Waals surface area contributed by atoms with Crippen molar-refractivity contribution >= 4 is 5.91 Å². The average molecular weight is 159 g/mol. The van der Waals surface area contributed by atoms with Crippen LogP contribution in [0.2, 0.25) is 0 Å².